The van der Waals surface area contributed by atoms with Gasteiger partial charge in [-0.05, 0) is 18.2 Å². The van der Waals surface area contributed by atoms with E-state index in [0.717, 1.165) is 6.07 Å². The number of carboxylic acid groups (broad SMARTS) is 1. The molecular formula is C12H14FNO4. The predicted octanol–water partition coefficient (Wildman–Crippen LogP) is 1.35. The van der Waals surface area contributed by atoms with Gasteiger partial charge in [-0.15, -0.1) is 0 Å². The maximum atomic E-state index is 13.6. The van der Waals surface area contributed by atoms with Crippen molar-refractivity contribution < 1.29 is 23.8 Å². The standard InChI is InChI=1S/C12H14FNO4/c13-10-5-8(12(15)16)1-2-11(10)14-6-9-7-17-3-4-18-9/h1-2,5,9,14H,3-4,6-7H2,(H,15,16). The van der Waals surface area contributed by atoms with E-state index in [1.54, 1.807) is 0 Å². The zero-order chi connectivity index (χ0) is 13.0. The third kappa shape index (κ3) is 3.18. The zero-order valence-corrected chi connectivity index (χ0v) is 9.69. The first kappa shape index (κ1) is 12.8. The molecule has 0 spiro atoms. The summed E-state index contributed by atoms with van der Waals surface area (Å²) in [5.41, 5.74) is 0.185. The molecule has 1 saturated heterocycles. The molecule has 1 aromatic rings. The zero-order valence-electron chi connectivity index (χ0n) is 9.69. The van der Waals surface area contributed by atoms with Crippen LogP contribution < -0.4 is 5.32 Å². The summed E-state index contributed by atoms with van der Waals surface area (Å²) in [6.45, 7) is 2.01. The Bertz CT molecular complexity index is 432. The van der Waals surface area contributed by atoms with Crippen LogP contribution in [0.5, 0.6) is 0 Å². The maximum Gasteiger partial charge on any atom is 0.335 e. The average molecular weight is 255 g/mol. The van der Waals surface area contributed by atoms with Crippen LogP contribution in [0.4, 0.5) is 10.1 Å². The highest BCUT2D eigenvalue weighted by atomic mass is 19.1. The first-order chi connectivity index (χ1) is 8.66. The fourth-order valence-electron chi connectivity index (χ4n) is 1.67. The molecule has 2 N–H and O–H groups in total. The molecule has 1 heterocycles. The fraction of sp³-hybridized carbons (Fsp3) is 0.417. The fourth-order valence-corrected chi connectivity index (χ4v) is 1.67. The van der Waals surface area contributed by atoms with Gasteiger partial charge in [-0.25, -0.2) is 9.18 Å². The molecule has 1 atom stereocenters. The molecule has 0 aliphatic carbocycles. The minimum Gasteiger partial charge on any atom is -0.478 e. The van der Waals surface area contributed by atoms with Crippen LogP contribution >= 0.6 is 0 Å². The van der Waals surface area contributed by atoms with Gasteiger partial charge in [0.1, 0.15) is 5.82 Å². The summed E-state index contributed by atoms with van der Waals surface area (Å²) in [6, 6.07) is 3.75. The van der Waals surface area contributed by atoms with Crippen molar-refractivity contribution in [2.24, 2.45) is 0 Å². The molecule has 98 valence electrons. The summed E-state index contributed by atoms with van der Waals surface area (Å²) >= 11 is 0. The third-order valence-corrected chi connectivity index (χ3v) is 2.62. The largest absolute Gasteiger partial charge is 0.478 e. The molecule has 5 nitrogen and oxygen atoms in total. The van der Waals surface area contributed by atoms with Crippen molar-refractivity contribution >= 4 is 11.7 Å². The quantitative estimate of drug-likeness (QED) is 0.850. The second-order valence-corrected chi connectivity index (χ2v) is 3.95. The number of carbonyl (C=O) groups is 1. The Labute approximate surface area is 104 Å². The van der Waals surface area contributed by atoms with E-state index in [2.05, 4.69) is 5.32 Å². The van der Waals surface area contributed by atoms with Gasteiger partial charge in [-0.3, -0.25) is 0 Å². The minimum absolute atomic E-state index is 0.0738. The lowest BCUT2D eigenvalue weighted by Crippen LogP contribution is -2.34. The number of hydrogen-bond donors (Lipinski definition) is 2. The van der Waals surface area contributed by atoms with E-state index >= 15 is 0 Å². The van der Waals surface area contributed by atoms with Crippen molar-refractivity contribution in [1.29, 1.82) is 0 Å². The normalized spacial score (nSPS) is 19.5. The second-order valence-electron chi connectivity index (χ2n) is 3.95. The highest BCUT2D eigenvalue weighted by Gasteiger charge is 2.15. The predicted molar refractivity (Wildman–Crippen MR) is 62.4 cm³/mol. The van der Waals surface area contributed by atoms with Crippen molar-refractivity contribution in [3.8, 4) is 0 Å². The SMILES string of the molecule is O=C(O)c1ccc(NCC2COCCO2)c(F)c1. The highest BCUT2D eigenvalue weighted by Crippen LogP contribution is 2.16. The van der Waals surface area contributed by atoms with E-state index in [4.69, 9.17) is 14.6 Å². The molecular weight excluding hydrogens is 241 g/mol. The Kier molecular flexibility index (Phi) is 4.11. The van der Waals surface area contributed by atoms with Crippen LogP contribution in [0.15, 0.2) is 18.2 Å². The van der Waals surface area contributed by atoms with Crippen LogP contribution in [-0.4, -0.2) is 43.5 Å². The lowest BCUT2D eigenvalue weighted by molar-refractivity contribution is -0.0819. The van der Waals surface area contributed by atoms with Gasteiger partial charge in [-0.1, -0.05) is 0 Å². The van der Waals surface area contributed by atoms with E-state index in [1.165, 1.54) is 12.1 Å². The van der Waals surface area contributed by atoms with Crippen LogP contribution in [-0.2, 0) is 9.47 Å². The van der Waals surface area contributed by atoms with Crippen molar-refractivity contribution in [2.45, 2.75) is 6.10 Å². The Morgan fingerprint density at radius 3 is 2.94 bits per heavy atom. The molecule has 0 saturated carbocycles. The molecule has 0 aromatic heterocycles. The number of aromatic carboxylic acids is 1. The third-order valence-electron chi connectivity index (χ3n) is 2.62. The Morgan fingerprint density at radius 2 is 2.33 bits per heavy atom. The van der Waals surface area contributed by atoms with Gasteiger partial charge in [0.25, 0.3) is 0 Å². The maximum absolute atomic E-state index is 13.6. The first-order valence-electron chi connectivity index (χ1n) is 5.63. The summed E-state index contributed by atoms with van der Waals surface area (Å²) in [5.74, 6) is -1.74. The van der Waals surface area contributed by atoms with Crippen LogP contribution in [0.25, 0.3) is 0 Å². The monoisotopic (exact) mass is 255 g/mol. The highest BCUT2D eigenvalue weighted by molar-refractivity contribution is 5.88. The molecule has 2 rings (SSSR count). The Morgan fingerprint density at radius 1 is 1.50 bits per heavy atom. The number of carboxylic acids is 1. The summed E-state index contributed by atoms with van der Waals surface area (Å²) < 4.78 is 24.2. The van der Waals surface area contributed by atoms with Gasteiger partial charge in [0.2, 0.25) is 0 Å². The van der Waals surface area contributed by atoms with E-state index in [1.807, 2.05) is 0 Å². The lowest BCUT2D eigenvalue weighted by Gasteiger charge is -2.23. The van der Waals surface area contributed by atoms with E-state index in [-0.39, 0.29) is 17.4 Å². The molecule has 1 aliphatic heterocycles. The summed E-state index contributed by atoms with van der Waals surface area (Å²) in [6.07, 6.45) is -0.114. The van der Waals surface area contributed by atoms with Gasteiger partial charge in [0.15, 0.2) is 0 Å². The van der Waals surface area contributed by atoms with Gasteiger partial charge >= 0.3 is 5.97 Å². The molecule has 0 amide bonds. The molecule has 6 heteroatoms. The summed E-state index contributed by atoms with van der Waals surface area (Å²) in [5, 5.41) is 11.6. The van der Waals surface area contributed by atoms with Crippen molar-refractivity contribution in [3.63, 3.8) is 0 Å². The Hall–Kier alpha value is -1.66. The number of benzene rings is 1. The van der Waals surface area contributed by atoms with Crippen LogP contribution in [0.1, 0.15) is 10.4 Å². The van der Waals surface area contributed by atoms with Crippen molar-refractivity contribution in [3.05, 3.63) is 29.6 Å². The van der Waals surface area contributed by atoms with Gasteiger partial charge in [0.05, 0.1) is 37.2 Å². The molecule has 1 fully saturated rings. The van der Waals surface area contributed by atoms with Gasteiger partial charge in [-0.2, -0.15) is 0 Å². The van der Waals surface area contributed by atoms with Crippen LogP contribution in [0, 0.1) is 5.82 Å². The second kappa shape index (κ2) is 5.79. The number of anilines is 1. The van der Waals surface area contributed by atoms with Crippen LogP contribution in [0.3, 0.4) is 0 Å². The lowest BCUT2D eigenvalue weighted by atomic mass is 10.2. The molecule has 18 heavy (non-hydrogen) atoms. The number of nitrogens with one attached hydrogen (secondary N) is 1. The molecule has 0 bridgehead atoms. The summed E-state index contributed by atoms with van der Waals surface area (Å²) in [7, 11) is 0. The average Bonchev–Trinajstić information content (AvgIpc) is 2.38. The van der Waals surface area contributed by atoms with Crippen molar-refractivity contribution in [1.82, 2.24) is 0 Å². The number of halogens is 1. The molecule has 0 radical (unpaired) electrons. The summed E-state index contributed by atoms with van der Waals surface area (Å²) in [4.78, 5) is 10.6. The molecule has 1 aromatic carbocycles. The minimum atomic E-state index is -1.15. The first-order valence-corrected chi connectivity index (χ1v) is 5.63. The van der Waals surface area contributed by atoms with Crippen molar-refractivity contribution in [2.75, 3.05) is 31.7 Å². The smallest absolute Gasteiger partial charge is 0.335 e. The topological polar surface area (TPSA) is 67.8 Å². The van der Waals surface area contributed by atoms with E-state index in [0.29, 0.717) is 26.4 Å². The number of hydrogen-bond acceptors (Lipinski definition) is 4. The van der Waals surface area contributed by atoms with E-state index in [9.17, 15) is 9.18 Å². The Balaban J connectivity index is 1.94. The van der Waals surface area contributed by atoms with Gasteiger partial charge in [0, 0.05) is 6.54 Å². The van der Waals surface area contributed by atoms with Gasteiger partial charge < -0.3 is 19.9 Å². The molecule has 1 unspecified atom stereocenters. The number of ether oxygens (including phenoxy) is 2. The number of rotatable bonds is 4. The van der Waals surface area contributed by atoms with E-state index < -0.39 is 11.8 Å². The van der Waals surface area contributed by atoms with Crippen LogP contribution in [0.2, 0.25) is 0 Å². The molecule has 1 aliphatic rings.